The van der Waals surface area contributed by atoms with Gasteiger partial charge in [0.1, 0.15) is 5.82 Å². The van der Waals surface area contributed by atoms with E-state index in [1.54, 1.807) is 13.0 Å². The van der Waals surface area contributed by atoms with E-state index in [1.165, 1.54) is 17.8 Å². The fraction of sp³-hybridized carbons (Fsp3) is 0.208. The molecular formula is C24H22FN3O2S. The van der Waals surface area contributed by atoms with E-state index in [1.807, 2.05) is 60.9 Å². The fourth-order valence-corrected chi connectivity index (χ4v) is 4.17. The second kappa shape index (κ2) is 8.89. The Kier molecular flexibility index (Phi) is 6.04. The number of hydrogen-bond donors (Lipinski definition) is 0. The van der Waals surface area contributed by atoms with Crippen molar-refractivity contribution in [2.45, 2.75) is 32.4 Å². The van der Waals surface area contributed by atoms with Gasteiger partial charge >= 0.3 is 0 Å². The van der Waals surface area contributed by atoms with Crippen LogP contribution in [-0.2, 0) is 6.42 Å². The SMILES string of the molecule is Cc1ccc(-n2c(C)cc(C(=O)CSc3nnc(Cc4ccccc4)o3)c2C)cc1F. The number of thioether (sulfide) groups is 1. The molecule has 2 heterocycles. The van der Waals surface area contributed by atoms with E-state index in [-0.39, 0.29) is 17.4 Å². The molecule has 31 heavy (non-hydrogen) atoms. The van der Waals surface area contributed by atoms with Gasteiger partial charge in [-0.3, -0.25) is 4.79 Å². The van der Waals surface area contributed by atoms with Crippen molar-refractivity contribution in [3.8, 4) is 5.69 Å². The number of carbonyl (C=O) groups is 1. The van der Waals surface area contributed by atoms with Gasteiger partial charge in [-0.1, -0.05) is 48.2 Å². The van der Waals surface area contributed by atoms with E-state index >= 15 is 0 Å². The zero-order chi connectivity index (χ0) is 22.0. The van der Waals surface area contributed by atoms with Crippen LogP contribution in [-0.4, -0.2) is 26.3 Å². The van der Waals surface area contributed by atoms with Gasteiger partial charge < -0.3 is 8.98 Å². The van der Waals surface area contributed by atoms with Crippen molar-refractivity contribution in [3.63, 3.8) is 0 Å². The van der Waals surface area contributed by atoms with Crippen molar-refractivity contribution >= 4 is 17.5 Å². The number of rotatable bonds is 7. The number of ketones is 1. The van der Waals surface area contributed by atoms with Gasteiger partial charge in [0.2, 0.25) is 5.89 Å². The molecule has 2 aromatic carbocycles. The predicted octanol–water partition coefficient (Wildman–Crippen LogP) is 5.49. The van der Waals surface area contributed by atoms with Crippen molar-refractivity contribution in [2.24, 2.45) is 0 Å². The molecule has 5 nitrogen and oxygen atoms in total. The number of carbonyl (C=O) groups excluding carboxylic acids is 1. The molecule has 4 aromatic rings. The van der Waals surface area contributed by atoms with E-state index in [4.69, 9.17) is 4.42 Å². The van der Waals surface area contributed by atoms with Gasteiger partial charge in [-0.05, 0) is 50.1 Å². The summed E-state index contributed by atoms with van der Waals surface area (Å²) in [6.45, 7) is 5.50. The number of nitrogens with zero attached hydrogens (tertiary/aromatic N) is 3. The lowest BCUT2D eigenvalue weighted by Gasteiger charge is -2.11. The zero-order valence-corrected chi connectivity index (χ0v) is 18.4. The molecule has 7 heteroatoms. The topological polar surface area (TPSA) is 60.9 Å². The Morgan fingerprint density at radius 3 is 2.58 bits per heavy atom. The first-order valence-corrected chi connectivity index (χ1v) is 10.9. The van der Waals surface area contributed by atoms with Crippen LogP contribution >= 0.6 is 11.8 Å². The van der Waals surface area contributed by atoms with Gasteiger partial charge in [-0.15, -0.1) is 10.2 Å². The summed E-state index contributed by atoms with van der Waals surface area (Å²) >= 11 is 1.22. The van der Waals surface area contributed by atoms with Crippen molar-refractivity contribution in [3.05, 3.63) is 94.4 Å². The van der Waals surface area contributed by atoms with Crippen molar-refractivity contribution < 1.29 is 13.6 Å². The van der Waals surface area contributed by atoms with Crippen molar-refractivity contribution in [1.82, 2.24) is 14.8 Å². The molecule has 2 aromatic heterocycles. The van der Waals surface area contributed by atoms with Crippen LogP contribution < -0.4 is 0 Å². The van der Waals surface area contributed by atoms with Crippen LogP contribution in [0.1, 0.15) is 38.8 Å². The molecule has 0 saturated heterocycles. The lowest BCUT2D eigenvalue weighted by Crippen LogP contribution is -2.06. The highest BCUT2D eigenvalue weighted by molar-refractivity contribution is 7.99. The number of aryl methyl sites for hydroxylation is 2. The maximum atomic E-state index is 14.0. The standard InChI is InChI=1S/C24H22FN3O2S/c1-15-9-10-19(13-21(15)25)28-16(2)11-20(17(28)3)22(29)14-31-24-27-26-23(30-24)12-18-7-5-4-6-8-18/h4-11,13H,12,14H2,1-3H3. The Hall–Kier alpha value is -3.19. The molecule has 0 bridgehead atoms. The van der Waals surface area contributed by atoms with Crippen LogP contribution in [0.4, 0.5) is 4.39 Å². The number of Topliss-reactive ketones (excluding diaryl/α,β-unsaturated/α-hetero) is 1. The lowest BCUT2D eigenvalue weighted by molar-refractivity contribution is 0.102. The summed E-state index contributed by atoms with van der Waals surface area (Å²) in [5.74, 6) is 0.385. The zero-order valence-electron chi connectivity index (χ0n) is 17.6. The van der Waals surface area contributed by atoms with Crippen LogP contribution in [0.25, 0.3) is 5.69 Å². The van der Waals surface area contributed by atoms with E-state index in [9.17, 15) is 9.18 Å². The summed E-state index contributed by atoms with van der Waals surface area (Å²) in [6.07, 6.45) is 0.552. The third kappa shape index (κ3) is 4.61. The third-order valence-corrected chi connectivity index (χ3v) is 5.94. The monoisotopic (exact) mass is 435 g/mol. The number of hydrogen-bond acceptors (Lipinski definition) is 5. The number of benzene rings is 2. The van der Waals surface area contributed by atoms with Crippen molar-refractivity contribution in [1.29, 1.82) is 0 Å². The van der Waals surface area contributed by atoms with E-state index in [0.29, 0.717) is 34.3 Å². The molecule has 0 fully saturated rings. The molecule has 0 aliphatic heterocycles. The Labute approximate surface area is 184 Å². The average Bonchev–Trinajstić information content (AvgIpc) is 3.32. The molecule has 0 radical (unpaired) electrons. The first kappa shape index (κ1) is 21.1. The van der Waals surface area contributed by atoms with Crippen LogP contribution in [0, 0.1) is 26.6 Å². The first-order chi connectivity index (χ1) is 14.9. The minimum Gasteiger partial charge on any atom is -0.416 e. The summed E-state index contributed by atoms with van der Waals surface area (Å²) in [6, 6.07) is 16.8. The van der Waals surface area contributed by atoms with E-state index < -0.39 is 0 Å². The van der Waals surface area contributed by atoms with Gasteiger partial charge in [0.05, 0.1) is 12.2 Å². The van der Waals surface area contributed by atoms with Crippen LogP contribution in [0.3, 0.4) is 0 Å². The Morgan fingerprint density at radius 2 is 1.84 bits per heavy atom. The van der Waals surface area contributed by atoms with Gasteiger partial charge in [0.15, 0.2) is 5.78 Å². The molecule has 0 unspecified atom stereocenters. The smallest absolute Gasteiger partial charge is 0.277 e. The molecule has 0 spiro atoms. The summed E-state index contributed by atoms with van der Waals surface area (Å²) in [4.78, 5) is 12.9. The molecule has 0 N–H and O–H groups in total. The van der Waals surface area contributed by atoms with Gasteiger partial charge in [0.25, 0.3) is 5.22 Å². The fourth-order valence-electron chi connectivity index (χ4n) is 3.51. The molecule has 0 amide bonds. The molecule has 0 aliphatic rings. The highest BCUT2D eigenvalue weighted by Crippen LogP contribution is 2.25. The Bertz CT molecular complexity index is 1230. The molecule has 4 rings (SSSR count). The second-order valence-electron chi connectivity index (χ2n) is 7.39. The third-order valence-electron chi connectivity index (χ3n) is 5.12. The molecular weight excluding hydrogens is 413 g/mol. The van der Waals surface area contributed by atoms with Crippen LogP contribution in [0.5, 0.6) is 0 Å². The second-order valence-corrected chi connectivity index (χ2v) is 8.32. The van der Waals surface area contributed by atoms with Crippen LogP contribution in [0.15, 0.2) is 64.2 Å². The van der Waals surface area contributed by atoms with E-state index in [2.05, 4.69) is 10.2 Å². The predicted molar refractivity (Wildman–Crippen MR) is 119 cm³/mol. The molecule has 0 atom stereocenters. The Morgan fingerprint density at radius 1 is 1.06 bits per heavy atom. The highest BCUT2D eigenvalue weighted by atomic mass is 32.2. The van der Waals surface area contributed by atoms with Gasteiger partial charge in [-0.25, -0.2) is 4.39 Å². The minimum absolute atomic E-state index is 0.0419. The summed E-state index contributed by atoms with van der Waals surface area (Å²) in [7, 11) is 0. The molecule has 0 saturated carbocycles. The summed E-state index contributed by atoms with van der Waals surface area (Å²) in [5, 5.41) is 8.47. The average molecular weight is 436 g/mol. The Balaban J connectivity index is 1.45. The highest BCUT2D eigenvalue weighted by Gasteiger charge is 2.19. The van der Waals surface area contributed by atoms with Gasteiger partial charge in [-0.2, -0.15) is 0 Å². The first-order valence-electron chi connectivity index (χ1n) is 9.90. The summed E-state index contributed by atoms with van der Waals surface area (Å²) < 4.78 is 21.6. The maximum Gasteiger partial charge on any atom is 0.277 e. The van der Waals surface area contributed by atoms with Crippen molar-refractivity contribution in [2.75, 3.05) is 5.75 Å². The van der Waals surface area contributed by atoms with E-state index in [0.717, 1.165) is 17.0 Å². The normalized spacial score (nSPS) is 11.1. The number of aromatic nitrogens is 3. The van der Waals surface area contributed by atoms with Crippen LogP contribution in [0.2, 0.25) is 0 Å². The number of halogens is 1. The summed E-state index contributed by atoms with van der Waals surface area (Å²) in [5.41, 5.74) is 4.63. The quantitative estimate of drug-likeness (QED) is 0.284. The molecule has 0 aliphatic carbocycles. The maximum absolute atomic E-state index is 14.0. The minimum atomic E-state index is -0.267. The lowest BCUT2D eigenvalue weighted by atomic mass is 10.2. The van der Waals surface area contributed by atoms with Gasteiger partial charge in [0, 0.05) is 22.6 Å². The largest absolute Gasteiger partial charge is 0.416 e. The molecule has 158 valence electrons.